The molecule has 1 atom stereocenters. The summed E-state index contributed by atoms with van der Waals surface area (Å²) in [5, 5.41) is 14.4. The number of halogens is 1. The summed E-state index contributed by atoms with van der Waals surface area (Å²) in [7, 11) is 1.84. The highest BCUT2D eigenvalue weighted by molar-refractivity contribution is 6.31. The van der Waals surface area contributed by atoms with E-state index in [0.29, 0.717) is 17.4 Å². The van der Waals surface area contributed by atoms with Crippen molar-refractivity contribution in [2.45, 2.75) is 26.6 Å². The number of rotatable bonds is 4. The third kappa shape index (κ3) is 3.08. The normalized spacial score (nSPS) is 12.5. The molecule has 5 heteroatoms. The van der Waals surface area contributed by atoms with E-state index in [0.717, 1.165) is 17.0 Å². The van der Waals surface area contributed by atoms with Crippen LogP contribution >= 0.6 is 11.6 Å². The van der Waals surface area contributed by atoms with E-state index in [2.05, 4.69) is 5.10 Å². The molecule has 0 aliphatic rings. The first kappa shape index (κ1) is 13.9. The summed E-state index contributed by atoms with van der Waals surface area (Å²) >= 11 is 6.16. The van der Waals surface area contributed by atoms with Crippen molar-refractivity contribution in [3.05, 3.63) is 46.2 Å². The molecular weight excluding hydrogens is 264 g/mol. The third-order valence-electron chi connectivity index (χ3n) is 2.98. The quantitative estimate of drug-likeness (QED) is 0.936. The van der Waals surface area contributed by atoms with Crippen LogP contribution in [-0.2, 0) is 13.7 Å². The van der Waals surface area contributed by atoms with E-state index < -0.39 is 6.10 Å². The first-order valence-electron chi connectivity index (χ1n) is 6.08. The van der Waals surface area contributed by atoms with Gasteiger partial charge in [-0.1, -0.05) is 23.7 Å². The molecule has 1 unspecified atom stereocenters. The second kappa shape index (κ2) is 5.63. The first-order chi connectivity index (χ1) is 8.99. The number of aliphatic hydroxyl groups is 1. The van der Waals surface area contributed by atoms with Gasteiger partial charge in [0.25, 0.3) is 0 Å². The monoisotopic (exact) mass is 280 g/mol. The topological polar surface area (TPSA) is 47.3 Å². The van der Waals surface area contributed by atoms with Crippen molar-refractivity contribution < 1.29 is 9.84 Å². The van der Waals surface area contributed by atoms with Gasteiger partial charge < -0.3 is 9.84 Å². The van der Waals surface area contributed by atoms with Crippen LogP contribution in [0.5, 0.6) is 5.75 Å². The zero-order chi connectivity index (χ0) is 14.0. The van der Waals surface area contributed by atoms with Crippen LogP contribution in [0.4, 0.5) is 0 Å². The molecule has 2 rings (SSSR count). The Balaban J connectivity index is 2.12. The molecule has 19 heavy (non-hydrogen) atoms. The van der Waals surface area contributed by atoms with Crippen LogP contribution in [0.25, 0.3) is 0 Å². The van der Waals surface area contributed by atoms with Crippen molar-refractivity contribution in [1.82, 2.24) is 9.78 Å². The molecule has 0 saturated heterocycles. The summed E-state index contributed by atoms with van der Waals surface area (Å²) in [6.45, 7) is 3.93. The van der Waals surface area contributed by atoms with Crippen molar-refractivity contribution in [2.75, 3.05) is 0 Å². The van der Waals surface area contributed by atoms with Crippen molar-refractivity contribution in [2.24, 2.45) is 7.05 Å². The molecule has 1 aromatic heterocycles. The summed E-state index contributed by atoms with van der Waals surface area (Å²) in [5.74, 6) is 0.702. The zero-order valence-corrected chi connectivity index (χ0v) is 12.0. The van der Waals surface area contributed by atoms with Gasteiger partial charge >= 0.3 is 0 Å². The predicted molar refractivity (Wildman–Crippen MR) is 74.4 cm³/mol. The molecule has 0 amide bonds. The lowest BCUT2D eigenvalue weighted by Crippen LogP contribution is -2.04. The third-order valence-corrected chi connectivity index (χ3v) is 3.47. The second-order valence-corrected chi connectivity index (χ2v) is 4.88. The van der Waals surface area contributed by atoms with Gasteiger partial charge in [0.05, 0.1) is 22.5 Å². The molecule has 1 N–H and O–H groups in total. The van der Waals surface area contributed by atoms with Gasteiger partial charge in [-0.15, -0.1) is 0 Å². The molecule has 0 fully saturated rings. The number of hydrogen-bond acceptors (Lipinski definition) is 3. The van der Waals surface area contributed by atoms with Gasteiger partial charge in [0.1, 0.15) is 12.4 Å². The zero-order valence-electron chi connectivity index (χ0n) is 11.2. The van der Waals surface area contributed by atoms with Crippen molar-refractivity contribution in [1.29, 1.82) is 0 Å². The Morgan fingerprint density at radius 3 is 2.79 bits per heavy atom. The van der Waals surface area contributed by atoms with Crippen LogP contribution in [-0.4, -0.2) is 14.9 Å². The fraction of sp³-hybridized carbons (Fsp3) is 0.357. The number of aliphatic hydroxyl groups excluding tert-OH is 1. The van der Waals surface area contributed by atoms with E-state index in [-0.39, 0.29) is 0 Å². The minimum Gasteiger partial charge on any atom is -0.487 e. The highest BCUT2D eigenvalue weighted by Gasteiger charge is 2.11. The molecule has 0 aliphatic heterocycles. The molecule has 0 spiro atoms. The van der Waals surface area contributed by atoms with Crippen molar-refractivity contribution in [3.8, 4) is 5.75 Å². The largest absolute Gasteiger partial charge is 0.487 e. The molecular formula is C14H17ClN2O2. The number of aromatic nitrogens is 2. The van der Waals surface area contributed by atoms with Crippen molar-refractivity contribution in [3.63, 3.8) is 0 Å². The average molecular weight is 281 g/mol. The van der Waals surface area contributed by atoms with E-state index in [9.17, 15) is 5.11 Å². The highest BCUT2D eigenvalue weighted by Crippen LogP contribution is 2.23. The molecule has 0 radical (unpaired) electrons. The van der Waals surface area contributed by atoms with E-state index >= 15 is 0 Å². The lowest BCUT2D eigenvalue weighted by molar-refractivity contribution is 0.198. The molecule has 2 aromatic rings. The number of nitrogens with zero attached hydrogens (tertiary/aromatic N) is 2. The lowest BCUT2D eigenvalue weighted by Gasteiger charge is -2.10. The smallest absolute Gasteiger partial charge is 0.131 e. The van der Waals surface area contributed by atoms with Gasteiger partial charge in [-0.25, -0.2) is 0 Å². The van der Waals surface area contributed by atoms with Crippen LogP contribution in [0.1, 0.15) is 30.0 Å². The lowest BCUT2D eigenvalue weighted by atomic mass is 10.1. The van der Waals surface area contributed by atoms with E-state index in [1.165, 1.54) is 0 Å². The highest BCUT2D eigenvalue weighted by atomic mass is 35.5. The van der Waals surface area contributed by atoms with Gasteiger partial charge in [-0.05, 0) is 31.5 Å². The van der Waals surface area contributed by atoms with Crippen LogP contribution in [0, 0.1) is 6.92 Å². The molecule has 1 aromatic carbocycles. The molecule has 0 bridgehead atoms. The van der Waals surface area contributed by atoms with Gasteiger partial charge in [-0.2, -0.15) is 5.10 Å². The molecule has 1 heterocycles. The summed E-state index contributed by atoms with van der Waals surface area (Å²) in [4.78, 5) is 0. The van der Waals surface area contributed by atoms with Crippen LogP contribution in [0.2, 0.25) is 5.02 Å². The molecule has 102 valence electrons. The fourth-order valence-electron chi connectivity index (χ4n) is 1.85. The molecule has 0 saturated carbocycles. The van der Waals surface area contributed by atoms with Gasteiger partial charge in [0.2, 0.25) is 0 Å². The number of benzene rings is 1. The Morgan fingerprint density at radius 1 is 1.47 bits per heavy atom. The average Bonchev–Trinajstić information content (AvgIpc) is 2.61. The maximum atomic E-state index is 9.53. The summed E-state index contributed by atoms with van der Waals surface area (Å²) < 4.78 is 7.42. The molecule has 0 aliphatic carbocycles. The maximum Gasteiger partial charge on any atom is 0.131 e. The predicted octanol–water partition coefficient (Wildman–Crippen LogP) is 3.01. The fourth-order valence-corrected chi connectivity index (χ4v) is 2.07. The Kier molecular flexibility index (Phi) is 4.12. The Labute approximate surface area is 117 Å². The minimum absolute atomic E-state index is 0.347. The summed E-state index contributed by atoms with van der Waals surface area (Å²) in [6, 6.07) is 7.39. The van der Waals surface area contributed by atoms with E-state index in [1.54, 1.807) is 11.6 Å². The van der Waals surface area contributed by atoms with Gasteiger partial charge in [-0.3, -0.25) is 4.68 Å². The Bertz CT molecular complexity index is 579. The summed E-state index contributed by atoms with van der Waals surface area (Å²) in [6.07, 6.45) is -0.508. The number of hydrogen-bond donors (Lipinski definition) is 1. The second-order valence-electron chi connectivity index (χ2n) is 4.51. The van der Waals surface area contributed by atoms with Crippen molar-refractivity contribution >= 4 is 11.6 Å². The Morgan fingerprint density at radius 2 is 2.21 bits per heavy atom. The van der Waals surface area contributed by atoms with Gasteiger partial charge in [0, 0.05) is 7.05 Å². The molecule has 4 nitrogen and oxygen atoms in total. The minimum atomic E-state index is -0.508. The Hall–Kier alpha value is -1.52. The maximum absolute atomic E-state index is 9.53. The van der Waals surface area contributed by atoms with Gasteiger partial charge in [0.15, 0.2) is 0 Å². The SMILES string of the molecule is Cc1nn(C)c(COc2cccc(C(C)O)c2)c1Cl. The number of ether oxygens (including phenoxy) is 1. The summed E-state index contributed by atoms with van der Waals surface area (Å²) in [5.41, 5.74) is 2.45. The van der Waals surface area contributed by atoms with Crippen LogP contribution < -0.4 is 4.74 Å². The van der Waals surface area contributed by atoms with Crippen LogP contribution in [0.3, 0.4) is 0 Å². The van der Waals surface area contributed by atoms with E-state index in [4.69, 9.17) is 16.3 Å². The standard InChI is InChI=1S/C14H17ClN2O2/c1-9-14(15)13(17(3)16-9)8-19-12-6-4-5-11(7-12)10(2)18/h4-7,10,18H,8H2,1-3H3. The van der Waals surface area contributed by atoms with Crippen LogP contribution in [0.15, 0.2) is 24.3 Å². The first-order valence-corrected chi connectivity index (χ1v) is 6.45. The van der Waals surface area contributed by atoms with E-state index in [1.807, 2.05) is 38.2 Å². The number of aryl methyl sites for hydroxylation is 2.